The van der Waals surface area contributed by atoms with Crippen molar-refractivity contribution >= 4 is 0 Å². The third-order valence-corrected chi connectivity index (χ3v) is 2.88. The molecule has 0 spiro atoms. The molecule has 1 heterocycles. The van der Waals surface area contributed by atoms with Crippen LogP contribution >= 0.6 is 0 Å². The van der Waals surface area contributed by atoms with Gasteiger partial charge in [0.05, 0.1) is 12.0 Å². The van der Waals surface area contributed by atoms with Gasteiger partial charge in [0.1, 0.15) is 0 Å². The molecule has 0 radical (unpaired) electrons. The van der Waals surface area contributed by atoms with E-state index in [0.29, 0.717) is 12.8 Å². The first-order chi connectivity index (χ1) is 7.18. The minimum atomic E-state index is -2.27. The summed E-state index contributed by atoms with van der Waals surface area (Å²) in [6.07, 6.45) is 1.72. The molecule has 1 aliphatic heterocycles. The van der Waals surface area contributed by atoms with Crippen LogP contribution < -0.4 is 0 Å². The zero-order valence-electron chi connectivity index (χ0n) is 10.5. The van der Waals surface area contributed by atoms with Crippen molar-refractivity contribution in [2.24, 2.45) is 11.3 Å². The second kappa shape index (κ2) is 4.58. The number of aliphatic hydroxyl groups is 2. The van der Waals surface area contributed by atoms with Gasteiger partial charge in [-0.2, -0.15) is 0 Å². The van der Waals surface area contributed by atoms with Crippen LogP contribution in [0.2, 0.25) is 0 Å². The van der Waals surface area contributed by atoms with E-state index in [2.05, 4.69) is 20.8 Å². The quantitative estimate of drug-likeness (QED) is 0.644. The van der Waals surface area contributed by atoms with Gasteiger partial charge < -0.3 is 10.2 Å². The monoisotopic (exact) mass is 233 g/mol. The van der Waals surface area contributed by atoms with Crippen LogP contribution in [0.1, 0.15) is 47.0 Å². The first-order valence-electron chi connectivity index (χ1n) is 5.79. The second-order valence-electron chi connectivity index (χ2n) is 5.76. The van der Waals surface area contributed by atoms with Crippen molar-refractivity contribution in [1.82, 2.24) is 5.23 Å². The Morgan fingerprint density at radius 2 is 1.88 bits per heavy atom. The van der Waals surface area contributed by atoms with Crippen molar-refractivity contribution < 1.29 is 20.3 Å². The molecule has 0 aromatic carbocycles. The molecule has 1 rings (SSSR count). The summed E-state index contributed by atoms with van der Waals surface area (Å²) in [5, 5.41) is 29.0. The third kappa shape index (κ3) is 2.93. The Kier molecular flexibility index (Phi) is 3.97. The molecule has 5 heteroatoms. The van der Waals surface area contributed by atoms with Crippen LogP contribution in [-0.4, -0.2) is 32.7 Å². The zero-order valence-corrected chi connectivity index (χ0v) is 10.5. The first-order valence-corrected chi connectivity index (χ1v) is 5.79. The van der Waals surface area contributed by atoms with E-state index in [1.165, 1.54) is 0 Å². The molecule has 16 heavy (non-hydrogen) atoms. The molecule has 3 N–H and O–H groups in total. The molecule has 0 amide bonds. The lowest BCUT2D eigenvalue weighted by molar-refractivity contribution is -0.460. The van der Waals surface area contributed by atoms with E-state index in [1.54, 1.807) is 0 Å². The van der Waals surface area contributed by atoms with Crippen LogP contribution in [0.5, 0.6) is 0 Å². The molecule has 0 aliphatic carbocycles. The Hall–Kier alpha value is -0.200. The van der Waals surface area contributed by atoms with Crippen molar-refractivity contribution in [1.29, 1.82) is 0 Å². The summed E-state index contributed by atoms with van der Waals surface area (Å²) in [4.78, 5) is 5.11. The molecular formula is C11H23NO4. The molecule has 1 aliphatic rings. The molecule has 0 aromatic rings. The number of rotatable bonds is 3. The van der Waals surface area contributed by atoms with Crippen LogP contribution in [0, 0.1) is 11.3 Å². The number of hydrogen-bond donors (Lipinski definition) is 3. The van der Waals surface area contributed by atoms with Crippen molar-refractivity contribution in [3.05, 3.63) is 0 Å². The maximum Gasteiger partial charge on any atom is 0.277 e. The molecule has 2 atom stereocenters. The minimum Gasteiger partial charge on any atom is -0.350 e. The highest BCUT2D eigenvalue weighted by Crippen LogP contribution is 2.40. The summed E-state index contributed by atoms with van der Waals surface area (Å²) in [7, 11) is 0. The van der Waals surface area contributed by atoms with E-state index < -0.39 is 11.8 Å². The lowest BCUT2D eigenvalue weighted by atomic mass is 9.82. The average molecular weight is 233 g/mol. The van der Waals surface area contributed by atoms with Gasteiger partial charge in [-0.1, -0.05) is 34.1 Å². The fraction of sp³-hybridized carbons (Fsp3) is 1.00. The molecule has 1 fully saturated rings. The largest absolute Gasteiger partial charge is 0.350 e. The van der Waals surface area contributed by atoms with Crippen LogP contribution in [0.3, 0.4) is 0 Å². The van der Waals surface area contributed by atoms with Crippen molar-refractivity contribution in [2.45, 2.75) is 59.0 Å². The normalized spacial score (nSPS) is 30.9. The van der Waals surface area contributed by atoms with Crippen LogP contribution in [0.15, 0.2) is 0 Å². The highest BCUT2D eigenvalue weighted by atomic mass is 16.9. The SMILES string of the molecule is CCCC1C(CC(C)(C)C)ON(O)C1(O)O. The van der Waals surface area contributed by atoms with Gasteiger partial charge in [-0.15, -0.1) is 0 Å². The summed E-state index contributed by atoms with van der Waals surface area (Å²) < 4.78 is 0. The average Bonchev–Trinajstić information content (AvgIpc) is 2.27. The second-order valence-corrected chi connectivity index (χ2v) is 5.76. The van der Waals surface area contributed by atoms with Crippen LogP contribution in [-0.2, 0) is 4.84 Å². The molecule has 0 aromatic heterocycles. The zero-order chi connectivity index (χ0) is 12.6. The fourth-order valence-electron chi connectivity index (χ4n) is 2.14. The Labute approximate surface area is 96.5 Å². The Morgan fingerprint density at radius 3 is 2.31 bits per heavy atom. The van der Waals surface area contributed by atoms with Crippen molar-refractivity contribution in [2.75, 3.05) is 0 Å². The Balaban J connectivity index is 2.77. The van der Waals surface area contributed by atoms with Gasteiger partial charge in [-0.3, -0.25) is 10.0 Å². The highest BCUT2D eigenvalue weighted by molar-refractivity contribution is 4.86. The van der Waals surface area contributed by atoms with Gasteiger partial charge in [-0.05, 0) is 23.5 Å². The molecule has 0 saturated carbocycles. The summed E-state index contributed by atoms with van der Waals surface area (Å²) >= 11 is 0. The lowest BCUT2D eigenvalue weighted by Gasteiger charge is -2.28. The standard InChI is InChI=1S/C11H23NO4/c1-5-6-8-9(7-10(2,3)4)16-12(15)11(8,13)14/h8-9,13-15H,5-7H2,1-4H3. The van der Waals surface area contributed by atoms with Gasteiger partial charge in [0.25, 0.3) is 5.91 Å². The Morgan fingerprint density at radius 1 is 1.31 bits per heavy atom. The lowest BCUT2D eigenvalue weighted by Crippen LogP contribution is -2.46. The van der Waals surface area contributed by atoms with Gasteiger partial charge in [-0.25, -0.2) is 0 Å². The van der Waals surface area contributed by atoms with Gasteiger partial charge >= 0.3 is 0 Å². The van der Waals surface area contributed by atoms with Gasteiger partial charge in [0.15, 0.2) is 0 Å². The molecule has 5 nitrogen and oxygen atoms in total. The van der Waals surface area contributed by atoms with Crippen LogP contribution in [0.25, 0.3) is 0 Å². The topological polar surface area (TPSA) is 73.2 Å². The minimum absolute atomic E-state index is 0.0118. The van der Waals surface area contributed by atoms with E-state index in [4.69, 9.17) is 4.84 Å². The molecular weight excluding hydrogens is 210 g/mol. The summed E-state index contributed by atoms with van der Waals surface area (Å²) in [5.74, 6) is -2.76. The predicted octanol–water partition coefficient (Wildman–Crippen LogP) is 1.48. The summed E-state index contributed by atoms with van der Waals surface area (Å²) in [6.45, 7) is 8.12. The number of hydroxylamine groups is 2. The summed E-state index contributed by atoms with van der Waals surface area (Å²) in [6, 6.07) is 0. The maximum absolute atomic E-state index is 9.73. The fourth-order valence-corrected chi connectivity index (χ4v) is 2.14. The first kappa shape index (κ1) is 13.9. The maximum atomic E-state index is 9.73. The smallest absolute Gasteiger partial charge is 0.277 e. The molecule has 1 saturated heterocycles. The third-order valence-electron chi connectivity index (χ3n) is 2.88. The van der Waals surface area contributed by atoms with Gasteiger partial charge in [0, 0.05) is 0 Å². The van der Waals surface area contributed by atoms with E-state index in [9.17, 15) is 15.4 Å². The number of nitrogens with zero attached hydrogens (tertiary/aromatic N) is 1. The van der Waals surface area contributed by atoms with Gasteiger partial charge in [0.2, 0.25) is 0 Å². The van der Waals surface area contributed by atoms with E-state index in [0.717, 1.165) is 6.42 Å². The van der Waals surface area contributed by atoms with Crippen LogP contribution in [0.4, 0.5) is 0 Å². The predicted molar refractivity (Wildman–Crippen MR) is 58.1 cm³/mol. The molecule has 2 unspecified atom stereocenters. The summed E-state index contributed by atoms with van der Waals surface area (Å²) in [5.41, 5.74) is 0.0118. The van der Waals surface area contributed by atoms with E-state index >= 15 is 0 Å². The van der Waals surface area contributed by atoms with E-state index in [1.807, 2.05) is 6.92 Å². The highest BCUT2D eigenvalue weighted by Gasteiger charge is 2.54. The molecule has 96 valence electrons. The molecule has 0 bridgehead atoms. The number of hydrogen-bond acceptors (Lipinski definition) is 5. The van der Waals surface area contributed by atoms with E-state index in [-0.39, 0.29) is 16.7 Å². The van der Waals surface area contributed by atoms with Crippen molar-refractivity contribution in [3.63, 3.8) is 0 Å². The van der Waals surface area contributed by atoms with Crippen molar-refractivity contribution in [3.8, 4) is 0 Å². The Bertz CT molecular complexity index is 237.